The number of carbonyl (C=O) groups is 1. The van der Waals surface area contributed by atoms with E-state index in [4.69, 9.17) is 15.2 Å². The first-order valence-electron chi connectivity index (χ1n) is 10.5. The standard InChI is InChI=1S/C22H25F2N5O3S/c1-11-20(31-3)14(25)7-8-17(32-11)19-15(9-26-29(19)2)27-21(30)16-10-33-22(28-16)18-12(23)5-4-6-13(18)24/h4-6,9-11,14,17,20H,7-8,25H2,1-3H3,(H,27,30)/t11-,14-,17+,20-/m0/s1. The summed E-state index contributed by atoms with van der Waals surface area (Å²) in [7, 11) is 3.37. The average molecular weight is 478 g/mol. The molecule has 4 atom stereocenters. The summed E-state index contributed by atoms with van der Waals surface area (Å²) in [5.41, 5.74) is 7.19. The van der Waals surface area contributed by atoms with Crippen LogP contribution in [0.15, 0.2) is 29.8 Å². The van der Waals surface area contributed by atoms with Crippen molar-refractivity contribution in [2.45, 2.75) is 44.1 Å². The first-order chi connectivity index (χ1) is 15.8. The van der Waals surface area contributed by atoms with Crippen LogP contribution < -0.4 is 11.1 Å². The molecule has 1 fully saturated rings. The van der Waals surface area contributed by atoms with Crippen LogP contribution in [0.3, 0.4) is 0 Å². The summed E-state index contributed by atoms with van der Waals surface area (Å²) in [6.45, 7) is 1.90. The van der Waals surface area contributed by atoms with E-state index >= 15 is 0 Å². The molecule has 3 heterocycles. The van der Waals surface area contributed by atoms with Gasteiger partial charge in [-0.25, -0.2) is 13.8 Å². The number of ether oxygens (including phenoxy) is 2. The molecule has 0 bridgehead atoms. The second-order valence-corrected chi connectivity index (χ2v) is 8.79. The maximum Gasteiger partial charge on any atom is 0.275 e. The van der Waals surface area contributed by atoms with Crippen LogP contribution in [0.1, 0.15) is 42.1 Å². The minimum atomic E-state index is -0.738. The third-order valence-corrected chi connectivity index (χ3v) is 6.61. The normalized spacial score (nSPS) is 23.3. The SMILES string of the molecule is CO[C@H]1[C@H](C)O[C@@H](c2c(NC(=O)c3csc(-c4c(F)cccc4F)n3)cnn2C)CC[C@@H]1N. The molecule has 1 aliphatic rings. The van der Waals surface area contributed by atoms with E-state index in [2.05, 4.69) is 15.4 Å². The second kappa shape index (κ2) is 9.64. The summed E-state index contributed by atoms with van der Waals surface area (Å²) in [5, 5.41) is 8.62. The van der Waals surface area contributed by atoms with Crippen molar-refractivity contribution in [1.29, 1.82) is 0 Å². The zero-order valence-electron chi connectivity index (χ0n) is 18.4. The van der Waals surface area contributed by atoms with Crippen LogP contribution >= 0.6 is 11.3 Å². The Morgan fingerprint density at radius 3 is 2.76 bits per heavy atom. The molecule has 33 heavy (non-hydrogen) atoms. The maximum absolute atomic E-state index is 14.1. The van der Waals surface area contributed by atoms with Crippen molar-refractivity contribution in [3.05, 3.63) is 52.8 Å². The molecule has 3 aromatic rings. The van der Waals surface area contributed by atoms with Gasteiger partial charge in [0.05, 0.1) is 35.3 Å². The van der Waals surface area contributed by atoms with Gasteiger partial charge in [-0.2, -0.15) is 5.10 Å². The number of hydrogen-bond acceptors (Lipinski definition) is 7. The smallest absolute Gasteiger partial charge is 0.275 e. The third-order valence-electron chi connectivity index (χ3n) is 5.75. The van der Waals surface area contributed by atoms with E-state index in [9.17, 15) is 13.6 Å². The summed E-state index contributed by atoms with van der Waals surface area (Å²) in [4.78, 5) is 17.0. The van der Waals surface area contributed by atoms with Gasteiger partial charge in [-0.05, 0) is 31.9 Å². The Hall–Kier alpha value is -2.73. The Morgan fingerprint density at radius 1 is 1.33 bits per heavy atom. The lowest BCUT2D eigenvalue weighted by Crippen LogP contribution is -2.42. The molecular formula is C22H25F2N5O3S. The van der Waals surface area contributed by atoms with E-state index in [1.807, 2.05) is 6.92 Å². The van der Waals surface area contributed by atoms with Crippen LogP contribution in [0.25, 0.3) is 10.6 Å². The molecule has 2 aromatic heterocycles. The number of nitrogens with two attached hydrogens (primary N) is 1. The Bertz CT molecular complexity index is 1130. The number of anilines is 1. The van der Waals surface area contributed by atoms with Crippen LogP contribution in [0.4, 0.5) is 14.5 Å². The van der Waals surface area contributed by atoms with Gasteiger partial charge in [0.15, 0.2) is 0 Å². The predicted octanol–water partition coefficient (Wildman–Crippen LogP) is 3.66. The molecule has 1 aromatic carbocycles. The summed E-state index contributed by atoms with van der Waals surface area (Å²) in [6.07, 6.45) is 1.98. The van der Waals surface area contributed by atoms with E-state index < -0.39 is 17.5 Å². The van der Waals surface area contributed by atoms with Crippen LogP contribution in [0.2, 0.25) is 0 Å². The second-order valence-electron chi connectivity index (χ2n) is 7.93. The molecule has 0 unspecified atom stereocenters. The van der Waals surface area contributed by atoms with Crippen molar-refractivity contribution in [1.82, 2.24) is 14.8 Å². The van der Waals surface area contributed by atoms with Crippen molar-refractivity contribution >= 4 is 22.9 Å². The number of methoxy groups -OCH3 is 1. The molecule has 0 spiro atoms. The van der Waals surface area contributed by atoms with Gasteiger partial charge in [-0.1, -0.05) is 6.07 Å². The molecule has 8 nitrogen and oxygen atoms in total. The lowest BCUT2D eigenvalue weighted by atomic mass is 10.0. The summed E-state index contributed by atoms with van der Waals surface area (Å²) < 4.78 is 41.5. The third kappa shape index (κ3) is 4.67. The lowest BCUT2D eigenvalue weighted by Gasteiger charge is -2.26. The molecule has 176 valence electrons. The number of halogens is 2. The molecule has 1 aliphatic heterocycles. The van der Waals surface area contributed by atoms with E-state index in [0.717, 1.165) is 23.5 Å². The zero-order chi connectivity index (χ0) is 23.7. The average Bonchev–Trinajstić information content (AvgIpc) is 3.35. The highest BCUT2D eigenvalue weighted by Gasteiger charge is 2.34. The molecule has 1 amide bonds. The van der Waals surface area contributed by atoms with Gasteiger partial charge in [0.25, 0.3) is 5.91 Å². The van der Waals surface area contributed by atoms with Gasteiger partial charge >= 0.3 is 0 Å². The molecule has 3 N–H and O–H groups in total. The first kappa shape index (κ1) is 23.4. The molecular weight excluding hydrogens is 452 g/mol. The van der Waals surface area contributed by atoms with Gasteiger partial charge in [0.2, 0.25) is 0 Å². The lowest BCUT2D eigenvalue weighted by molar-refractivity contribution is -0.0759. The highest BCUT2D eigenvalue weighted by atomic mass is 32.1. The summed E-state index contributed by atoms with van der Waals surface area (Å²) >= 11 is 0.988. The summed E-state index contributed by atoms with van der Waals surface area (Å²) in [5.74, 6) is -1.99. The highest BCUT2D eigenvalue weighted by Crippen LogP contribution is 2.35. The predicted molar refractivity (Wildman–Crippen MR) is 120 cm³/mol. The Labute approximate surface area is 193 Å². The molecule has 4 rings (SSSR count). The number of aryl methyl sites for hydroxylation is 1. The van der Waals surface area contributed by atoms with E-state index in [0.29, 0.717) is 24.2 Å². The molecule has 0 saturated carbocycles. The van der Waals surface area contributed by atoms with Crippen LogP contribution in [-0.2, 0) is 16.5 Å². The van der Waals surface area contributed by atoms with E-state index in [1.54, 1.807) is 18.8 Å². The topological polar surface area (TPSA) is 104 Å². The fourth-order valence-corrected chi connectivity index (χ4v) is 4.98. The van der Waals surface area contributed by atoms with Gasteiger partial charge in [-0.3, -0.25) is 9.48 Å². The molecule has 1 saturated heterocycles. The van der Waals surface area contributed by atoms with Crippen LogP contribution in [0, 0.1) is 11.6 Å². The minimum absolute atomic E-state index is 0.0454. The quantitative estimate of drug-likeness (QED) is 0.581. The van der Waals surface area contributed by atoms with Crippen LogP contribution in [0.5, 0.6) is 0 Å². The van der Waals surface area contributed by atoms with E-state index in [1.165, 1.54) is 17.6 Å². The maximum atomic E-state index is 14.1. The number of hydrogen-bond donors (Lipinski definition) is 2. The Morgan fingerprint density at radius 2 is 2.06 bits per heavy atom. The number of rotatable bonds is 5. The number of aromatic nitrogens is 3. The number of nitrogens with zero attached hydrogens (tertiary/aromatic N) is 3. The largest absolute Gasteiger partial charge is 0.377 e. The number of benzene rings is 1. The fraction of sp³-hybridized carbons (Fsp3) is 0.409. The van der Waals surface area contributed by atoms with Gasteiger partial charge in [-0.15, -0.1) is 11.3 Å². The van der Waals surface area contributed by atoms with E-state index in [-0.39, 0.29) is 40.6 Å². The van der Waals surface area contributed by atoms with Crippen LogP contribution in [-0.4, -0.2) is 46.0 Å². The molecule has 11 heteroatoms. The number of amides is 1. The molecule has 0 aliphatic carbocycles. The van der Waals surface area contributed by atoms with Crippen molar-refractivity contribution < 1.29 is 23.0 Å². The highest BCUT2D eigenvalue weighted by molar-refractivity contribution is 7.13. The summed E-state index contributed by atoms with van der Waals surface area (Å²) in [6, 6.07) is 3.40. The zero-order valence-corrected chi connectivity index (χ0v) is 19.2. The molecule has 0 radical (unpaired) electrons. The van der Waals surface area contributed by atoms with Crippen molar-refractivity contribution in [2.75, 3.05) is 12.4 Å². The van der Waals surface area contributed by atoms with Gasteiger partial charge in [0.1, 0.15) is 28.4 Å². The fourth-order valence-electron chi connectivity index (χ4n) is 4.13. The van der Waals surface area contributed by atoms with Crippen molar-refractivity contribution in [3.8, 4) is 10.6 Å². The van der Waals surface area contributed by atoms with Crippen molar-refractivity contribution in [3.63, 3.8) is 0 Å². The minimum Gasteiger partial charge on any atom is -0.377 e. The number of carbonyl (C=O) groups excluding carboxylic acids is 1. The Balaban J connectivity index is 1.56. The van der Waals surface area contributed by atoms with Crippen molar-refractivity contribution in [2.24, 2.45) is 12.8 Å². The van der Waals surface area contributed by atoms with Gasteiger partial charge < -0.3 is 20.5 Å². The number of nitrogens with one attached hydrogen (secondary N) is 1. The Kier molecular flexibility index (Phi) is 6.84. The monoisotopic (exact) mass is 477 g/mol. The first-order valence-corrected chi connectivity index (χ1v) is 11.3. The van der Waals surface area contributed by atoms with Gasteiger partial charge in [0, 0.05) is 25.6 Å². The number of thiazole rings is 1.